The molecule has 2 heterocycles. The highest BCUT2D eigenvalue weighted by molar-refractivity contribution is 5.97. The van der Waals surface area contributed by atoms with E-state index in [9.17, 15) is 22.8 Å². The Labute approximate surface area is 210 Å². The van der Waals surface area contributed by atoms with Crippen LogP contribution in [0.1, 0.15) is 39.3 Å². The number of hydrogen-bond acceptors (Lipinski definition) is 7. The van der Waals surface area contributed by atoms with Gasteiger partial charge in [0.05, 0.1) is 11.9 Å². The van der Waals surface area contributed by atoms with Crippen molar-refractivity contribution in [3.05, 3.63) is 71.5 Å². The predicted octanol–water partition coefficient (Wildman–Crippen LogP) is 3.04. The van der Waals surface area contributed by atoms with Gasteiger partial charge < -0.3 is 26.4 Å². The third kappa shape index (κ3) is 7.17. The van der Waals surface area contributed by atoms with Crippen LogP contribution in [0.2, 0.25) is 0 Å². The summed E-state index contributed by atoms with van der Waals surface area (Å²) in [6.45, 7) is 1.68. The summed E-state index contributed by atoms with van der Waals surface area (Å²) in [5, 5.41) is 8.86. The van der Waals surface area contributed by atoms with Crippen LogP contribution < -0.4 is 26.4 Å². The fourth-order valence-corrected chi connectivity index (χ4v) is 3.85. The van der Waals surface area contributed by atoms with Gasteiger partial charge in [-0.3, -0.25) is 9.59 Å². The molecule has 1 fully saturated rings. The zero-order valence-corrected chi connectivity index (χ0v) is 19.6. The number of nitrogens with two attached hydrogens (primary N) is 1. The molecule has 0 aliphatic carbocycles. The van der Waals surface area contributed by atoms with Gasteiger partial charge in [0.2, 0.25) is 0 Å². The van der Waals surface area contributed by atoms with Crippen molar-refractivity contribution in [2.75, 3.05) is 18.8 Å². The third-order valence-electron chi connectivity index (χ3n) is 5.68. The normalized spacial score (nSPS) is 15.6. The van der Waals surface area contributed by atoms with Crippen molar-refractivity contribution in [1.29, 1.82) is 0 Å². The minimum Gasteiger partial charge on any atom is -0.406 e. The summed E-state index contributed by atoms with van der Waals surface area (Å²) in [6.07, 6.45) is -1.53. The Morgan fingerprint density at radius 3 is 2.62 bits per heavy atom. The van der Waals surface area contributed by atoms with Crippen molar-refractivity contribution < 1.29 is 27.5 Å². The molecule has 1 aliphatic heterocycles. The first-order valence-corrected chi connectivity index (χ1v) is 11.6. The Balaban J connectivity index is 1.42. The SMILES string of the molecule is Nc1ncc(-c2cccc(C(=O)NCc3ccc(OC(F)(F)F)cc3)c2)nc1C(=O)N[C@H]1CCCNC1. The summed E-state index contributed by atoms with van der Waals surface area (Å²) in [7, 11) is 0. The van der Waals surface area contributed by atoms with E-state index >= 15 is 0 Å². The summed E-state index contributed by atoms with van der Waals surface area (Å²) in [5.74, 6) is -1.15. The third-order valence-corrected chi connectivity index (χ3v) is 5.68. The van der Waals surface area contributed by atoms with E-state index in [0.717, 1.165) is 19.4 Å². The van der Waals surface area contributed by atoms with Crippen LogP contribution in [0.15, 0.2) is 54.7 Å². The number of amides is 2. The minimum atomic E-state index is -4.77. The van der Waals surface area contributed by atoms with Crippen molar-refractivity contribution in [2.45, 2.75) is 31.8 Å². The fourth-order valence-electron chi connectivity index (χ4n) is 3.85. The molecule has 9 nitrogen and oxygen atoms in total. The maximum Gasteiger partial charge on any atom is 0.573 e. The summed E-state index contributed by atoms with van der Waals surface area (Å²) in [5.41, 5.74) is 7.76. The Hall–Kier alpha value is -4.19. The molecular formula is C25H25F3N6O3. The Morgan fingerprint density at radius 2 is 1.92 bits per heavy atom. The highest BCUT2D eigenvalue weighted by Crippen LogP contribution is 2.23. The molecule has 0 unspecified atom stereocenters. The van der Waals surface area contributed by atoms with Gasteiger partial charge in [-0.15, -0.1) is 13.2 Å². The molecule has 1 aliphatic rings. The highest BCUT2D eigenvalue weighted by Gasteiger charge is 2.31. The molecule has 2 aromatic carbocycles. The Bertz CT molecular complexity index is 1260. The van der Waals surface area contributed by atoms with E-state index in [4.69, 9.17) is 5.73 Å². The predicted molar refractivity (Wildman–Crippen MR) is 130 cm³/mol. The Morgan fingerprint density at radius 1 is 1.14 bits per heavy atom. The monoisotopic (exact) mass is 514 g/mol. The second-order valence-corrected chi connectivity index (χ2v) is 8.46. The van der Waals surface area contributed by atoms with Gasteiger partial charge in [0, 0.05) is 30.3 Å². The zero-order chi connectivity index (χ0) is 26.4. The van der Waals surface area contributed by atoms with Crippen LogP contribution in [0.25, 0.3) is 11.3 Å². The maximum atomic E-state index is 12.8. The molecule has 37 heavy (non-hydrogen) atoms. The molecule has 4 rings (SSSR count). The van der Waals surface area contributed by atoms with Crippen molar-refractivity contribution in [3.63, 3.8) is 0 Å². The number of hydrogen-bond donors (Lipinski definition) is 4. The summed E-state index contributed by atoms with van der Waals surface area (Å²) in [6, 6.07) is 11.8. The lowest BCUT2D eigenvalue weighted by atomic mass is 10.1. The number of carbonyl (C=O) groups is 2. The average molecular weight is 515 g/mol. The Kier molecular flexibility index (Phi) is 7.87. The molecule has 0 bridgehead atoms. The zero-order valence-electron chi connectivity index (χ0n) is 19.6. The number of alkyl halides is 3. The van der Waals surface area contributed by atoms with Crippen molar-refractivity contribution in [3.8, 4) is 17.0 Å². The van der Waals surface area contributed by atoms with Crippen LogP contribution in [-0.2, 0) is 6.54 Å². The van der Waals surface area contributed by atoms with E-state index in [0.29, 0.717) is 28.9 Å². The van der Waals surface area contributed by atoms with Gasteiger partial charge in [0.1, 0.15) is 5.75 Å². The molecule has 12 heteroatoms. The number of anilines is 1. The molecule has 1 atom stereocenters. The van der Waals surface area contributed by atoms with Crippen LogP contribution in [0, 0.1) is 0 Å². The summed E-state index contributed by atoms with van der Waals surface area (Å²) in [4.78, 5) is 33.9. The topological polar surface area (TPSA) is 131 Å². The number of piperidine rings is 1. The van der Waals surface area contributed by atoms with Crippen LogP contribution >= 0.6 is 0 Å². The number of nitrogens with one attached hydrogen (secondary N) is 3. The number of ether oxygens (including phenoxy) is 1. The van der Waals surface area contributed by atoms with E-state index < -0.39 is 18.2 Å². The van der Waals surface area contributed by atoms with E-state index in [1.54, 1.807) is 24.3 Å². The second kappa shape index (κ2) is 11.2. The molecule has 1 aromatic heterocycles. The summed E-state index contributed by atoms with van der Waals surface area (Å²) < 4.78 is 40.7. The van der Waals surface area contributed by atoms with Gasteiger partial charge in [-0.2, -0.15) is 0 Å². The van der Waals surface area contributed by atoms with E-state index in [1.807, 2.05) is 0 Å². The smallest absolute Gasteiger partial charge is 0.406 e. The maximum absolute atomic E-state index is 12.8. The quantitative estimate of drug-likeness (QED) is 0.381. The lowest BCUT2D eigenvalue weighted by Gasteiger charge is -2.23. The molecule has 2 amide bonds. The molecule has 5 N–H and O–H groups in total. The van der Waals surface area contributed by atoms with Crippen LogP contribution in [0.4, 0.5) is 19.0 Å². The molecule has 0 spiro atoms. The van der Waals surface area contributed by atoms with Gasteiger partial charge in [-0.25, -0.2) is 9.97 Å². The van der Waals surface area contributed by atoms with Crippen molar-refractivity contribution in [2.24, 2.45) is 0 Å². The van der Waals surface area contributed by atoms with E-state index in [-0.39, 0.29) is 29.8 Å². The van der Waals surface area contributed by atoms with Gasteiger partial charge in [0.15, 0.2) is 11.5 Å². The number of nitrogen functional groups attached to an aromatic ring is 1. The first kappa shape index (κ1) is 25.9. The first-order valence-electron chi connectivity index (χ1n) is 11.6. The van der Waals surface area contributed by atoms with E-state index in [1.165, 1.54) is 30.5 Å². The molecule has 1 saturated heterocycles. The van der Waals surface area contributed by atoms with Gasteiger partial charge in [0.25, 0.3) is 11.8 Å². The number of halogens is 3. The van der Waals surface area contributed by atoms with Crippen LogP contribution in [0.3, 0.4) is 0 Å². The molecule has 0 radical (unpaired) electrons. The molecule has 3 aromatic rings. The molecular weight excluding hydrogens is 489 g/mol. The van der Waals surface area contributed by atoms with Gasteiger partial charge in [-0.1, -0.05) is 24.3 Å². The molecule has 0 saturated carbocycles. The molecule has 194 valence electrons. The van der Waals surface area contributed by atoms with Crippen LogP contribution in [0.5, 0.6) is 5.75 Å². The fraction of sp³-hybridized carbons (Fsp3) is 0.280. The number of aromatic nitrogens is 2. The lowest BCUT2D eigenvalue weighted by Crippen LogP contribution is -2.46. The standard InChI is InChI=1S/C25H25F3N6O3/c26-25(27,28)37-19-8-6-15(7-9-19)12-32-23(35)17-4-1-3-16(11-17)20-14-31-22(29)21(34-20)24(36)33-18-5-2-10-30-13-18/h1,3-4,6-9,11,14,18,30H,2,5,10,12-13H2,(H2,29,31)(H,32,35)(H,33,36)/t18-/m0/s1. The first-order chi connectivity index (χ1) is 17.7. The lowest BCUT2D eigenvalue weighted by molar-refractivity contribution is -0.274. The van der Waals surface area contributed by atoms with Gasteiger partial charge >= 0.3 is 6.36 Å². The largest absolute Gasteiger partial charge is 0.573 e. The average Bonchev–Trinajstić information content (AvgIpc) is 2.88. The minimum absolute atomic E-state index is 0.00516. The highest BCUT2D eigenvalue weighted by atomic mass is 19.4. The number of benzene rings is 2. The van der Waals surface area contributed by atoms with Gasteiger partial charge in [-0.05, 0) is 49.2 Å². The second-order valence-electron chi connectivity index (χ2n) is 8.46. The van der Waals surface area contributed by atoms with Crippen molar-refractivity contribution >= 4 is 17.6 Å². The number of rotatable bonds is 7. The number of nitrogens with zero attached hydrogens (tertiary/aromatic N) is 2. The summed E-state index contributed by atoms with van der Waals surface area (Å²) >= 11 is 0. The van der Waals surface area contributed by atoms with Crippen LogP contribution in [-0.4, -0.2) is 47.3 Å². The van der Waals surface area contributed by atoms with E-state index in [2.05, 4.69) is 30.7 Å². The number of carbonyl (C=O) groups excluding carboxylic acids is 2. The van der Waals surface area contributed by atoms with Crippen molar-refractivity contribution in [1.82, 2.24) is 25.9 Å².